The minimum Gasteiger partial charge on any atom is -0.494 e. The number of rotatable bonds is 12. The van der Waals surface area contributed by atoms with Gasteiger partial charge in [0.05, 0.1) is 47.6 Å². The van der Waals surface area contributed by atoms with Gasteiger partial charge in [-0.3, -0.25) is 4.31 Å². The van der Waals surface area contributed by atoms with Crippen molar-refractivity contribution in [1.82, 2.24) is 9.88 Å². The standard InChI is InChI=1S/C33H40N4O5S/c1-4-41-29-22-27-28(23-30(29)42-5-2)35-33(38)31(27)32(24-12-8-6-9-13-24)34-25-14-16-26(17-15-25)37(43(3,39)40)21-20-36-18-10-7-11-19-36/h6,8-9,12-17,22-23,35,38H,4-5,7,10-11,18-21H2,1-3H3. The van der Waals surface area contributed by atoms with Gasteiger partial charge in [-0.1, -0.05) is 36.8 Å². The fourth-order valence-electron chi connectivity index (χ4n) is 5.55. The van der Waals surface area contributed by atoms with Gasteiger partial charge in [-0.25, -0.2) is 13.4 Å². The summed E-state index contributed by atoms with van der Waals surface area (Å²) in [5.74, 6) is 1.15. The average Bonchev–Trinajstić information content (AvgIpc) is 3.31. The summed E-state index contributed by atoms with van der Waals surface area (Å²) in [6.45, 7) is 7.87. The number of ether oxygens (including phenoxy) is 2. The maximum absolute atomic E-state index is 12.7. The molecule has 10 heteroatoms. The van der Waals surface area contributed by atoms with E-state index in [1.807, 2.05) is 68.4 Å². The first kappa shape index (κ1) is 30.4. The molecule has 0 bridgehead atoms. The van der Waals surface area contributed by atoms with E-state index < -0.39 is 10.0 Å². The molecule has 0 saturated carbocycles. The molecule has 0 aliphatic carbocycles. The van der Waals surface area contributed by atoms with Crippen molar-refractivity contribution in [2.24, 2.45) is 4.99 Å². The lowest BCUT2D eigenvalue weighted by atomic mass is 10.0. The number of fused-ring (bicyclic) bond motifs is 1. The molecular weight excluding hydrogens is 564 g/mol. The largest absolute Gasteiger partial charge is 0.494 e. The van der Waals surface area contributed by atoms with E-state index >= 15 is 0 Å². The lowest BCUT2D eigenvalue weighted by molar-refractivity contribution is 0.235. The summed E-state index contributed by atoms with van der Waals surface area (Å²) in [6.07, 6.45) is 4.79. The smallest absolute Gasteiger partial charge is 0.232 e. The number of hydrogen-bond acceptors (Lipinski definition) is 7. The molecule has 1 saturated heterocycles. The SMILES string of the molecule is CCOc1cc2[nH]c(O)c(C(=Nc3ccc(N(CCN4CCCCC4)S(C)(=O)=O)cc3)c3ccccc3)c2cc1OCC. The van der Waals surface area contributed by atoms with Crippen molar-refractivity contribution in [2.75, 3.05) is 50.0 Å². The fraction of sp³-hybridized carbons (Fsp3) is 0.364. The number of H-pyrrole nitrogens is 1. The molecule has 1 aromatic heterocycles. The number of nitrogens with zero attached hydrogens (tertiary/aromatic N) is 3. The summed E-state index contributed by atoms with van der Waals surface area (Å²) in [5, 5.41) is 11.9. The number of sulfonamides is 1. The van der Waals surface area contributed by atoms with Crippen molar-refractivity contribution in [3.63, 3.8) is 0 Å². The van der Waals surface area contributed by atoms with Gasteiger partial charge in [0.2, 0.25) is 10.0 Å². The summed E-state index contributed by atoms with van der Waals surface area (Å²) < 4.78 is 38.6. The van der Waals surface area contributed by atoms with E-state index in [-0.39, 0.29) is 5.88 Å². The highest BCUT2D eigenvalue weighted by atomic mass is 32.2. The number of aromatic hydroxyl groups is 1. The number of benzene rings is 3. The molecule has 9 nitrogen and oxygen atoms in total. The molecule has 2 N–H and O–H groups in total. The van der Waals surface area contributed by atoms with E-state index in [0.29, 0.717) is 66.0 Å². The van der Waals surface area contributed by atoms with Gasteiger partial charge < -0.3 is 24.5 Å². The van der Waals surface area contributed by atoms with Gasteiger partial charge in [-0.05, 0) is 70.1 Å². The van der Waals surface area contributed by atoms with E-state index in [1.54, 1.807) is 12.1 Å². The van der Waals surface area contributed by atoms with Crippen molar-refractivity contribution in [1.29, 1.82) is 0 Å². The van der Waals surface area contributed by atoms with Crippen LogP contribution in [0.25, 0.3) is 10.9 Å². The molecule has 1 fully saturated rings. The van der Waals surface area contributed by atoms with Crippen LogP contribution in [0.2, 0.25) is 0 Å². The summed E-state index contributed by atoms with van der Waals surface area (Å²) in [6, 6.07) is 20.5. The molecule has 0 radical (unpaired) electrons. The zero-order valence-corrected chi connectivity index (χ0v) is 25.9. The minimum atomic E-state index is -3.47. The number of likely N-dealkylation sites (tertiary alicyclic amines) is 1. The van der Waals surface area contributed by atoms with Crippen LogP contribution < -0.4 is 13.8 Å². The van der Waals surface area contributed by atoms with Crippen molar-refractivity contribution < 1.29 is 23.0 Å². The molecule has 43 heavy (non-hydrogen) atoms. The number of aromatic amines is 1. The second-order valence-corrected chi connectivity index (χ2v) is 12.5. The minimum absolute atomic E-state index is 0.0220. The summed E-state index contributed by atoms with van der Waals surface area (Å²) in [5.41, 5.74) is 3.82. The van der Waals surface area contributed by atoms with Crippen LogP contribution in [0.3, 0.4) is 0 Å². The first-order valence-electron chi connectivity index (χ1n) is 14.9. The maximum atomic E-state index is 12.7. The van der Waals surface area contributed by atoms with Crippen molar-refractivity contribution >= 4 is 38.0 Å². The Kier molecular flexibility index (Phi) is 9.57. The zero-order chi connectivity index (χ0) is 30.4. The number of nitrogens with one attached hydrogen (secondary N) is 1. The van der Waals surface area contributed by atoms with Crippen LogP contribution in [0.5, 0.6) is 17.4 Å². The summed E-state index contributed by atoms with van der Waals surface area (Å²) in [4.78, 5) is 10.4. The number of aliphatic imine (C=N–C) groups is 1. The molecule has 1 aliphatic rings. The van der Waals surface area contributed by atoms with E-state index in [0.717, 1.165) is 36.9 Å². The predicted octanol–water partition coefficient (Wildman–Crippen LogP) is 6.09. The van der Waals surface area contributed by atoms with E-state index in [4.69, 9.17) is 14.5 Å². The van der Waals surface area contributed by atoms with Crippen LogP contribution in [0.15, 0.2) is 71.7 Å². The number of aromatic nitrogens is 1. The average molecular weight is 605 g/mol. The highest BCUT2D eigenvalue weighted by molar-refractivity contribution is 7.92. The first-order chi connectivity index (χ1) is 20.8. The van der Waals surface area contributed by atoms with Crippen LogP contribution >= 0.6 is 0 Å². The molecule has 0 spiro atoms. The third-order valence-electron chi connectivity index (χ3n) is 7.57. The van der Waals surface area contributed by atoms with Crippen LogP contribution in [0.4, 0.5) is 11.4 Å². The maximum Gasteiger partial charge on any atom is 0.232 e. The topological polar surface area (TPSA) is 107 Å². The van der Waals surface area contributed by atoms with Gasteiger partial charge in [0.15, 0.2) is 17.4 Å². The van der Waals surface area contributed by atoms with E-state index in [2.05, 4.69) is 9.88 Å². The lowest BCUT2D eigenvalue weighted by Crippen LogP contribution is -2.40. The van der Waals surface area contributed by atoms with Crippen LogP contribution in [0.1, 0.15) is 44.2 Å². The Balaban J connectivity index is 1.53. The number of piperidine rings is 1. The summed E-state index contributed by atoms with van der Waals surface area (Å²) in [7, 11) is -3.47. The van der Waals surface area contributed by atoms with Gasteiger partial charge >= 0.3 is 0 Å². The van der Waals surface area contributed by atoms with Crippen LogP contribution in [-0.4, -0.2) is 74.8 Å². The van der Waals surface area contributed by atoms with Crippen molar-refractivity contribution in [3.05, 3.63) is 77.9 Å². The van der Waals surface area contributed by atoms with Crippen LogP contribution in [0, 0.1) is 0 Å². The number of hydrogen-bond donors (Lipinski definition) is 2. The molecule has 4 aromatic rings. The molecule has 0 amide bonds. The van der Waals surface area contributed by atoms with Crippen molar-refractivity contribution in [2.45, 2.75) is 33.1 Å². The van der Waals surface area contributed by atoms with Gasteiger partial charge in [0.25, 0.3) is 0 Å². The Bertz CT molecular complexity index is 1660. The first-order valence-corrected chi connectivity index (χ1v) is 16.7. The quantitative estimate of drug-likeness (QED) is 0.190. The fourth-order valence-corrected chi connectivity index (χ4v) is 6.47. The summed E-state index contributed by atoms with van der Waals surface area (Å²) >= 11 is 0. The highest BCUT2D eigenvalue weighted by Crippen LogP contribution is 2.39. The lowest BCUT2D eigenvalue weighted by Gasteiger charge is -2.30. The van der Waals surface area contributed by atoms with Gasteiger partial charge in [-0.2, -0.15) is 0 Å². The Morgan fingerprint density at radius 2 is 1.60 bits per heavy atom. The molecule has 1 aliphatic heterocycles. The second kappa shape index (κ2) is 13.5. The Morgan fingerprint density at radius 1 is 0.953 bits per heavy atom. The molecule has 5 rings (SSSR count). The molecule has 0 unspecified atom stereocenters. The Labute approximate surface area is 253 Å². The molecule has 2 heterocycles. The highest BCUT2D eigenvalue weighted by Gasteiger charge is 2.22. The molecule has 228 valence electrons. The molecular formula is C33H40N4O5S. The predicted molar refractivity (Wildman–Crippen MR) is 173 cm³/mol. The second-order valence-electron chi connectivity index (χ2n) is 10.6. The van der Waals surface area contributed by atoms with E-state index in [9.17, 15) is 13.5 Å². The Hall–Kier alpha value is -4.02. The Morgan fingerprint density at radius 3 is 2.23 bits per heavy atom. The van der Waals surface area contributed by atoms with Gasteiger partial charge in [0.1, 0.15) is 0 Å². The monoisotopic (exact) mass is 604 g/mol. The van der Waals surface area contributed by atoms with Gasteiger partial charge in [0, 0.05) is 30.1 Å². The zero-order valence-electron chi connectivity index (χ0n) is 25.0. The third-order valence-corrected chi connectivity index (χ3v) is 8.77. The van der Waals surface area contributed by atoms with Gasteiger partial charge in [-0.15, -0.1) is 0 Å². The number of anilines is 1. The van der Waals surface area contributed by atoms with Crippen LogP contribution in [-0.2, 0) is 10.0 Å². The third kappa shape index (κ3) is 7.14. The van der Waals surface area contributed by atoms with E-state index in [1.165, 1.54) is 17.0 Å². The molecule has 0 atom stereocenters. The van der Waals surface area contributed by atoms with Crippen molar-refractivity contribution in [3.8, 4) is 17.4 Å². The molecule has 3 aromatic carbocycles. The normalized spacial score (nSPS) is 14.6.